The molecule has 1 N–H and O–H groups in total. The molecule has 0 radical (unpaired) electrons. The Morgan fingerprint density at radius 3 is 2.27 bits per heavy atom. The fraction of sp³-hybridized carbons (Fsp3) is 1.00. The Morgan fingerprint density at radius 1 is 1.18 bits per heavy atom. The van der Waals surface area contributed by atoms with Crippen LogP contribution >= 0.6 is 0 Å². The molecular weight excluding hydrogens is 142 g/mol. The van der Waals surface area contributed by atoms with E-state index < -0.39 is 6.35 Å². The molecule has 0 aliphatic carbocycles. The van der Waals surface area contributed by atoms with E-state index in [-0.39, 0.29) is 0 Å². The van der Waals surface area contributed by atoms with Gasteiger partial charge in [-0.1, -0.05) is 0 Å². The molecule has 4 nitrogen and oxygen atoms in total. The number of hydrogen-bond acceptors (Lipinski definition) is 4. The highest BCUT2D eigenvalue weighted by Gasteiger charge is 2.29. The third-order valence-electron chi connectivity index (χ3n) is 2.43. The van der Waals surface area contributed by atoms with E-state index in [1.54, 1.807) is 0 Å². The third kappa shape index (κ3) is 1.54. The van der Waals surface area contributed by atoms with Gasteiger partial charge in [-0.2, -0.15) is 0 Å². The first-order valence-electron chi connectivity index (χ1n) is 3.84. The van der Waals surface area contributed by atoms with Crippen molar-refractivity contribution in [3.63, 3.8) is 0 Å². The van der Waals surface area contributed by atoms with Gasteiger partial charge in [0, 0.05) is 0 Å². The molecule has 0 aromatic heterocycles. The highest BCUT2D eigenvalue weighted by atomic mass is 16.3. The van der Waals surface area contributed by atoms with Crippen LogP contribution in [0.25, 0.3) is 0 Å². The summed E-state index contributed by atoms with van der Waals surface area (Å²) in [5, 5.41) is 9.56. The summed E-state index contributed by atoms with van der Waals surface area (Å²) in [4.78, 5) is 5.98. The molecule has 0 aromatic carbocycles. The van der Waals surface area contributed by atoms with Gasteiger partial charge in [0.25, 0.3) is 0 Å². The molecule has 0 bridgehead atoms. The van der Waals surface area contributed by atoms with Crippen molar-refractivity contribution in [2.24, 2.45) is 0 Å². The first kappa shape index (κ1) is 8.93. The van der Waals surface area contributed by atoms with Gasteiger partial charge in [-0.3, -0.25) is 14.7 Å². The van der Waals surface area contributed by atoms with Gasteiger partial charge in [-0.05, 0) is 28.1 Å². The van der Waals surface area contributed by atoms with Crippen LogP contribution in [0.3, 0.4) is 0 Å². The zero-order valence-corrected chi connectivity index (χ0v) is 7.65. The minimum atomic E-state index is -0.443. The molecule has 0 amide bonds. The van der Waals surface area contributed by atoms with Crippen LogP contribution in [0, 0.1) is 0 Å². The highest BCUT2D eigenvalue weighted by Crippen LogP contribution is 2.13. The lowest BCUT2D eigenvalue weighted by Gasteiger charge is -2.46. The first-order chi connectivity index (χ1) is 5.04. The van der Waals surface area contributed by atoms with E-state index in [2.05, 4.69) is 11.8 Å². The molecule has 1 aliphatic heterocycles. The van der Waals surface area contributed by atoms with Crippen LogP contribution in [-0.2, 0) is 0 Å². The Balaban J connectivity index is 2.63. The van der Waals surface area contributed by atoms with Crippen molar-refractivity contribution in [2.45, 2.75) is 19.4 Å². The van der Waals surface area contributed by atoms with Crippen LogP contribution in [0.15, 0.2) is 0 Å². The van der Waals surface area contributed by atoms with E-state index in [4.69, 9.17) is 0 Å². The van der Waals surface area contributed by atoms with Crippen LogP contribution < -0.4 is 0 Å². The van der Waals surface area contributed by atoms with Gasteiger partial charge >= 0.3 is 0 Å². The normalized spacial score (nSPS) is 37.9. The lowest BCUT2D eigenvalue weighted by Crippen LogP contribution is -2.61. The SMILES string of the molecule is CC1N(C)CN(C)C(O)N1C. The molecular formula is C7H17N3O. The second-order valence-corrected chi connectivity index (χ2v) is 3.30. The van der Waals surface area contributed by atoms with E-state index >= 15 is 0 Å². The van der Waals surface area contributed by atoms with E-state index in [1.165, 1.54) is 0 Å². The third-order valence-corrected chi connectivity index (χ3v) is 2.43. The fourth-order valence-electron chi connectivity index (χ4n) is 1.36. The zero-order chi connectivity index (χ0) is 8.59. The van der Waals surface area contributed by atoms with Crippen molar-refractivity contribution in [1.29, 1.82) is 0 Å². The molecule has 1 saturated heterocycles. The molecule has 1 aliphatic rings. The van der Waals surface area contributed by atoms with Gasteiger partial charge in [0.2, 0.25) is 0 Å². The predicted molar refractivity (Wildman–Crippen MR) is 43.6 cm³/mol. The van der Waals surface area contributed by atoms with Crippen molar-refractivity contribution in [2.75, 3.05) is 27.8 Å². The molecule has 1 fully saturated rings. The summed E-state index contributed by atoms with van der Waals surface area (Å²) in [5.41, 5.74) is 0. The predicted octanol–water partition coefficient (Wildman–Crippen LogP) is -0.625. The fourth-order valence-corrected chi connectivity index (χ4v) is 1.36. The number of aliphatic hydroxyl groups excluding tert-OH is 1. The van der Waals surface area contributed by atoms with Crippen LogP contribution in [0.2, 0.25) is 0 Å². The molecule has 0 spiro atoms. The smallest absolute Gasteiger partial charge is 0.167 e. The van der Waals surface area contributed by atoms with E-state index in [0.29, 0.717) is 6.17 Å². The van der Waals surface area contributed by atoms with Gasteiger partial charge in [-0.25, -0.2) is 0 Å². The molecule has 1 heterocycles. The molecule has 4 heteroatoms. The lowest BCUT2D eigenvalue weighted by molar-refractivity contribution is -0.186. The largest absolute Gasteiger partial charge is 0.365 e. The van der Waals surface area contributed by atoms with Crippen molar-refractivity contribution in [3.05, 3.63) is 0 Å². The number of aliphatic hydroxyl groups is 1. The maximum absolute atomic E-state index is 9.56. The zero-order valence-electron chi connectivity index (χ0n) is 7.65. The summed E-state index contributed by atoms with van der Waals surface area (Å²) in [7, 11) is 5.87. The van der Waals surface area contributed by atoms with E-state index in [0.717, 1.165) is 6.67 Å². The van der Waals surface area contributed by atoms with Crippen LogP contribution in [0.1, 0.15) is 6.92 Å². The summed E-state index contributed by atoms with van der Waals surface area (Å²) in [6, 6.07) is 0. The second kappa shape index (κ2) is 3.06. The van der Waals surface area contributed by atoms with Crippen molar-refractivity contribution in [1.82, 2.24) is 14.7 Å². The number of hydrogen-bond donors (Lipinski definition) is 1. The summed E-state index contributed by atoms with van der Waals surface area (Å²) in [6.07, 6.45) is -0.137. The second-order valence-electron chi connectivity index (χ2n) is 3.30. The Labute approximate surface area is 68.0 Å². The molecule has 11 heavy (non-hydrogen) atoms. The molecule has 0 aromatic rings. The Bertz CT molecular complexity index is 128. The Kier molecular flexibility index (Phi) is 2.49. The summed E-state index contributed by atoms with van der Waals surface area (Å²) < 4.78 is 0. The molecule has 0 saturated carbocycles. The topological polar surface area (TPSA) is 30.0 Å². The number of nitrogens with zero attached hydrogens (tertiary/aromatic N) is 3. The molecule has 66 valence electrons. The van der Waals surface area contributed by atoms with Crippen LogP contribution in [0.5, 0.6) is 0 Å². The standard InChI is InChI=1S/C7H17N3O/c1-6-8(2)5-9(3)7(11)10(6)4/h6-7,11H,5H2,1-4H3. The maximum Gasteiger partial charge on any atom is 0.167 e. The van der Waals surface area contributed by atoms with Crippen LogP contribution in [0.4, 0.5) is 0 Å². The minimum Gasteiger partial charge on any atom is -0.365 e. The van der Waals surface area contributed by atoms with Crippen LogP contribution in [-0.4, -0.2) is 60.1 Å². The molecule has 1 rings (SSSR count). The van der Waals surface area contributed by atoms with Crippen molar-refractivity contribution in [3.8, 4) is 0 Å². The maximum atomic E-state index is 9.56. The monoisotopic (exact) mass is 159 g/mol. The molecule has 2 unspecified atom stereocenters. The summed E-state index contributed by atoms with van der Waals surface area (Å²) in [5.74, 6) is 0. The van der Waals surface area contributed by atoms with Gasteiger partial charge in [0.1, 0.15) is 0 Å². The first-order valence-corrected chi connectivity index (χ1v) is 3.84. The van der Waals surface area contributed by atoms with E-state index in [1.807, 2.05) is 30.9 Å². The Hall–Kier alpha value is -0.160. The van der Waals surface area contributed by atoms with Crippen molar-refractivity contribution >= 4 is 0 Å². The minimum absolute atomic E-state index is 0.307. The average Bonchev–Trinajstić information content (AvgIpc) is 1.97. The van der Waals surface area contributed by atoms with Gasteiger partial charge in [0.05, 0.1) is 12.8 Å². The molecule has 2 atom stereocenters. The quantitative estimate of drug-likeness (QED) is 0.510. The van der Waals surface area contributed by atoms with Gasteiger partial charge in [0.15, 0.2) is 6.35 Å². The average molecular weight is 159 g/mol. The summed E-state index contributed by atoms with van der Waals surface area (Å²) >= 11 is 0. The van der Waals surface area contributed by atoms with Gasteiger partial charge in [-0.15, -0.1) is 0 Å². The summed E-state index contributed by atoms with van der Waals surface area (Å²) in [6.45, 7) is 2.89. The highest BCUT2D eigenvalue weighted by molar-refractivity contribution is 4.71. The van der Waals surface area contributed by atoms with Crippen molar-refractivity contribution < 1.29 is 5.11 Å². The number of rotatable bonds is 0. The van der Waals surface area contributed by atoms with E-state index in [9.17, 15) is 5.11 Å². The lowest BCUT2D eigenvalue weighted by atomic mass is 10.4. The Morgan fingerprint density at radius 2 is 1.73 bits per heavy atom. The van der Waals surface area contributed by atoms with Gasteiger partial charge < -0.3 is 5.11 Å².